The minimum absolute atomic E-state index is 0.384. The summed E-state index contributed by atoms with van der Waals surface area (Å²) in [4.78, 5) is 23.9. The summed E-state index contributed by atoms with van der Waals surface area (Å²) in [6.45, 7) is 1.78. The molecule has 1 unspecified atom stereocenters. The van der Waals surface area contributed by atoms with Crippen molar-refractivity contribution in [3.05, 3.63) is 56.7 Å². The monoisotopic (exact) mass is 309 g/mol. The van der Waals surface area contributed by atoms with E-state index in [-0.39, 0.29) is 0 Å². The minimum atomic E-state index is -1.09. The van der Waals surface area contributed by atoms with Crippen LogP contribution >= 0.6 is 22.9 Å². The van der Waals surface area contributed by atoms with Crippen LogP contribution in [0, 0.1) is 6.92 Å². The van der Waals surface area contributed by atoms with Crippen molar-refractivity contribution in [2.75, 3.05) is 0 Å². The molecule has 2 aromatic rings. The van der Waals surface area contributed by atoms with Crippen molar-refractivity contribution < 1.29 is 14.7 Å². The van der Waals surface area contributed by atoms with Crippen LogP contribution in [0.5, 0.6) is 0 Å². The highest BCUT2D eigenvalue weighted by atomic mass is 35.5. The van der Waals surface area contributed by atoms with Gasteiger partial charge in [-0.1, -0.05) is 17.7 Å². The number of carboxylic acids is 1. The maximum Gasteiger partial charge on any atom is 0.331 e. The maximum absolute atomic E-state index is 12.1. The van der Waals surface area contributed by atoms with Gasteiger partial charge in [0.25, 0.3) is 5.91 Å². The number of amides is 1. The predicted octanol–water partition coefficient (Wildman–Crippen LogP) is 3.27. The van der Waals surface area contributed by atoms with Crippen LogP contribution in [0.25, 0.3) is 0 Å². The van der Waals surface area contributed by atoms with Crippen molar-refractivity contribution >= 4 is 34.8 Å². The lowest BCUT2D eigenvalue weighted by Gasteiger charge is -2.13. The molecular weight excluding hydrogens is 298 g/mol. The van der Waals surface area contributed by atoms with Crippen LogP contribution in [0.2, 0.25) is 5.02 Å². The highest BCUT2D eigenvalue weighted by molar-refractivity contribution is 7.10. The van der Waals surface area contributed by atoms with Crippen molar-refractivity contribution in [1.29, 1.82) is 0 Å². The second kappa shape index (κ2) is 6.07. The highest BCUT2D eigenvalue weighted by Crippen LogP contribution is 2.21. The number of aryl methyl sites for hydroxylation is 1. The van der Waals surface area contributed by atoms with Gasteiger partial charge in [0.05, 0.1) is 0 Å². The Morgan fingerprint density at radius 1 is 1.35 bits per heavy atom. The molecule has 0 fully saturated rings. The van der Waals surface area contributed by atoms with Gasteiger partial charge in [0, 0.05) is 15.5 Å². The molecule has 0 aliphatic carbocycles. The Bertz CT molecular complexity index is 640. The summed E-state index contributed by atoms with van der Waals surface area (Å²) < 4.78 is 0. The lowest BCUT2D eigenvalue weighted by molar-refractivity contribution is -0.139. The van der Waals surface area contributed by atoms with E-state index in [1.54, 1.807) is 42.6 Å². The zero-order valence-electron chi connectivity index (χ0n) is 10.6. The summed E-state index contributed by atoms with van der Waals surface area (Å²) in [5, 5.41) is 14.1. The molecule has 0 aliphatic rings. The van der Waals surface area contributed by atoms with Crippen molar-refractivity contribution in [3.8, 4) is 0 Å². The Labute approximate surface area is 125 Å². The molecule has 0 saturated heterocycles. The van der Waals surface area contributed by atoms with Gasteiger partial charge in [-0.25, -0.2) is 4.79 Å². The first kappa shape index (κ1) is 14.6. The van der Waals surface area contributed by atoms with E-state index in [0.29, 0.717) is 15.5 Å². The molecule has 2 N–H and O–H groups in total. The van der Waals surface area contributed by atoms with E-state index >= 15 is 0 Å². The second-order valence-electron chi connectivity index (χ2n) is 4.22. The SMILES string of the molecule is Cc1cc(C(=O)NC(C(=O)O)c2cccs2)ccc1Cl. The standard InChI is InChI=1S/C14H12ClNO3S/c1-8-7-9(4-5-10(8)15)13(17)16-12(14(18)19)11-3-2-6-20-11/h2-7,12H,1H3,(H,16,17)(H,18,19). The molecule has 1 amide bonds. The van der Waals surface area contributed by atoms with Gasteiger partial charge in [0.1, 0.15) is 0 Å². The summed E-state index contributed by atoms with van der Waals surface area (Å²) in [6, 6.07) is 7.19. The van der Waals surface area contributed by atoms with Crippen LogP contribution in [0.15, 0.2) is 35.7 Å². The fourth-order valence-electron chi connectivity index (χ4n) is 1.71. The maximum atomic E-state index is 12.1. The van der Waals surface area contributed by atoms with E-state index in [1.165, 1.54) is 11.3 Å². The van der Waals surface area contributed by atoms with E-state index in [0.717, 1.165) is 5.56 Å². The highest BCUT2D eigenvalue weighted by Gasteiger charge is 2.23. The summed E-state index contributed by atoms with van der Waals surface area (Å²) >= 11 is 7.18. The molecule has 1 aromatic carbocycles. The van der Waals surface area contributed by atoms with Crippen LogP contribution in [-0.4, -0.2) is 17.0 Å². The molecule has 1 heterocycles. The molecule has 0 spiro atoms. The quantitative estimate of drug-likeness (QED) is 0.911. The molecular formula is C14H12ClNO3S. The molecule has 104 valence electrons. The molecule has 1 atom stereocenters. The number of carbonyl (C=O) groups excluding carboxylic acids is 1. The lowest BCUT2D eigenvalue weighted by Crippen LogP contribution is -2.33. The molecule has 1 aromatic heterocycles. The topological polar surface area (TPSA) is 66.4 Å². The Balaban J connectivity index is 2.20. The van der Waals surface area contributed by atoms with Crippen LogP contribution in [0.3, 0.4) is 0 Å². The number of benzene rings is 1. The van der Waals surface area contributed by atoms with Gasteiger partial charge in [-0.15, -0.1) is 11.3 Å². The van der Waals surface area contributed by atoms with Gasteiger partial charge >= 0.3 is 5.97 Å². The Kier molecular flexibility index (Phi) is 4.42. The van der Waals surface area contributed by atoms with Gasteiger partial charge in [-0.3, -0.25) is 4.79 Å². The zero-order chi connectivity index (χ0) is 14.7. The molecule has 4 nitrogen and oxygen atoms in total. The molecule has 6 heteroatoms. The normalized spacial score (nSPS) is 11.9. The number of rotatable bonds is 4. The molecule has 2 rings (SSSR count). The van der Waals surface area contributed by atoms with E-state index in [4.69, 9.17) is 11.6 Å². The van der Waals surface area contributed by atoms with E-state index in [9.17, 15) is 14.7 Å². The first-order chi connectivity index (χ1) is 9.49. The third kappa shape index (κ3) is 3.18. The number of carbonyl (C=O) groups is 2. The van der Waals surface area contributed by atoms with Crippen LogP contribution in [-0.2, 0) is 4.79 Å². The van der Waals surface area contributed by atoms with Gasteiger partial charge in [0.15, 0.2) is 6.04 Å². The zero-order valence-corrected chi connectivity index (χ0v) is 12.2. The first-order valence-corrected chi connectivity index (χ1v) is 7.08. The summed E-state index contributed by atoms with van der Waals surface area (Å²) in [5.74, 6) is -1.53. The molecule has 0 bridgehead atoms. The largest absolute Gasteiger partial charge is 0.479 e. The van der Waals surface area contributed by atoms with Crippen LogP contribution in [0.4, 0.5) is 0 Å². The van der Waals surface area contributed by atoms with Crippen molar-refractivity contribution in [2.24, 2.45) is 0 Å². The van der Waals surface area contributed by atoms with Gasteiger partial charge in [-0.2, -0.15) is 0 Å². The Hall–Kier alpha value is -1.85. The molecule has 0 radical (unpaired) electrons. The number of aliphatic carboxylic acids is 1. The predicted molar refractivity (Wildman–Crippen MR) is 78.4 cm³/mol. The number of carboxylic acid groups (broad SMARTS) is 1. The summed E-state index contributed by atoms with van der Waals surface area (Å²) in [6.07, 6.45) is 0. The Morgan fingerprint density at radius 3 is 2.65 bits per heavy atom. The van der Waals surface area contributed by atoms with Gasteiger partial charge in [-0.05, 0) is 42.1 Å². The number of hydrogen-bond donors (Lipinski definition) is 2. The third-order valence-corrected chi connectivity index (χ3v) is 4.13. The number of thiophene rings is 1. The fourth-order valence-corrected chi connectivity index (χ4v) is 2.60. The van der Waals surface area contributed by atoms with E-state index in [2.05, 4.69) is 5.32 Å². The number of hydrogen-bond acceptors (Lipinski definition) is 3. The van der Waals surface area contributed by atoms with Gasteiger partial charge in [0.2, 0.25) is 0 Å². The molecule has 20 heavy (non-hydrogen) atoms. The second-order valence-corrected chi connectivity index (χ2v) is 5.61. The average molecular weight is 310 g/mol. The van der Waals surface area contributed by atoms with Crippen LogP contribution < -0.4 is 5.32 Å². The third-order valence-electron chi connectivity index (χ3n) is 2.77. The summed E-state index contributed by atoms with van der Waals surface area (Å²) in [5.41, 5.74) is 1.15. The van der Waals surface area contributed by atoms with Crippen molar-refractivity contribution in [3.63, 3.8) is 0 Å². The molecule has 0 aliphatic heterocycles. The summed E-state index contributed by atoms with van der Waals surface area (Å²) in [7, 11) is 0. The van der Waals surface area contributed by atoms with E-state index < -0.39 is 17.9 Å². The van der Waals surface area contributed by atoms with Gasteiger partial charge < -0.3 is 10.4 Å². The number of nitrogens with one attached hydrogen (secondary N) is 1. The van der Waals surface area contributed by atoms with Crippen molar-refractivity contribution in [1.82, 2.24) is 5.32 Å². The van der Waals surface area contributed by atoms with E-state index in [1.807, 2.05) is 0 Å². The van der Waals surface area contributed by atoms with Crippen molar-refractivity contribution in [2.45, 2.75) is 13.0 Å². The first-order valence-electron chi connectivity index (χ1n) is 5.82. The minimum Gasteiger partial charge on any atom is -0.479 e. The smallest absolute Gasteiger partial charge is 0.331 e. The van der Waals surface area contributed by atoms with Crippen LogP contribution in [0.1, 0.15) is 26.8 Å². The fraction of sp³-hybridized carbons (Fsp3) is 0.143. The Morgan fingerprint density at radius 2 is 2.10 bits per heavy atom. The number of halogens is 1. The average Bonchev–Trinajstić information content (AvgIpc) is 2.92. The lowest BCUT2D eigenvalue weighted by atomic mass is 10.1. The molecule has 0 saturated carbocycles.